The lowest BCUT2D eigenvalue weighted by Crippen LogP contribution is -2.11. The molecule has 0 spiro atoms. The Bertz CT molecular complexity index is 330. The lowest BCUT2D eigenvalue weighted by Gasteiger charge is -2.15. The molecule has 92 valence electrons. The van der Waals surface area contributed by atoms with E-state index in [1.807, 2.05) is 18.2 Å². The second-order valence-corrected chi connectivity index (χ2v) is 4.38. The van der Waals surface area contributed by atoms with E-state index in [0.717, 1.165) is 17.9 Å². The fourth-order valence-electron chi connectivity index (χ4n) is 1.75. The molecule has 0 saturated heterocycles. The maximum Gasteiger partial charge on any atom is 0.127 e. The Labute approximate surface area is 106 Å². The summed E-state index contributed by atoms with van der Waals surface area (Å²) in [6.07, 6.45) is 6.52. The largest absolute Gasteiger partial charge is 0.493 e. The molecule has 1 nitrogen and oxygen atoms in total. The number of ether oxygens (including phenoxy) is 1. The highest BCUT2D eigenvalue weighted by molar-refractivity contribution is 5.48. The van der Waals surface area contributed by atoms with E-state index in [1.165, 1.54) is 25.7 Å². The molecule has 0 aliphatic carbocycles. The Morgan fingerprint density at radius 1 is 1.47 bits per heavy atom. The van der Waals surface area contributed by atoms with Gasteiger partial charge in [-0.25, -0.2) is 0 Å². The number of hydrogen-bond donors (Lipinski definition) is 0. The Morgan fingerprint density at radius 2 is 2.29 bits per heavy atom. The zero-order chi connectivity index (χ0) is 12.5. The molecule has 0 bridgehead atoms. The molecule has 1 aromatic carbocycles. The van der Waals surface area contributed by atoms with Gasteiger partial charge in [0.15, 0.2) is 0 Å². The molecule has 0 aliphatic rings. The van der Waals surface area contributed by atoms with Crippen LogP contribution in [0, 0.1) is 18.6 Å². The van der Waals surface area contributed by atoms with E-state index >= 15 is 0 Å². The van der Waals surface area contributed by atoms with Gasteiger partial charge < -0.3 is 4.74 Å². The third-order valence-electron chi connectivity index (χ3n) is 3.01. The predicted molar refractivity (Wildman–Crippen MR) is 72.8 cm³/mol. The van der Waals surface area contributed by atoms with E-state index in [4.69, 9.17) is 11.3 Å². The minimum absolute atomic E-state index is 0.647. The molecule has 2 radical (unpaired) electrons. The molecule has 1 heteroatoms. The quantitative estimate of drug-likeness (QED) is 0.637. The maximum absolute atomic E-state index is 5.77. The highest BCUT2D eigenvalue weighted by Gasteiger charge is 2.06. The van der Waals surface area contributed by atoms with Gasteiger partial charge in [-0.05, 0) is 30.0 Å². The molecule has 0 N–H and O–H groups in total. The van der Waals surface area contributed by atoms with Crippen LogP contribution in [-0.4, -0.2) is 6.61 Å². The van der Waals surface area contributed by atoms with E-state index in [2.05, 4.69) is 19.9 Å². The maximum atomic E-state index is 5.77. The standard InChI is InChI=1S/C16H22O/c1-4-7-9-15(6-3)13-17-16-11-8-10-14(5-2)12-16/h2,5,8,10,12,15H,4,6-7,9,13H2,1,3H3. The molecule has 1 aromatic rings. The molecule has 1 unspecified atom stereocenters. The smallest absolute Gasteiger partial charge is 0.127 e. The van der Waals surface area contributed by atoms with Crippen molar-refractivity contribution in [1.29, 1.82) is 0 Å². The third kappa shape index (κ3) is 5.08. The highest BCUT2D eigenvalue weighted by Crippen LogP contribution is 2.17. The molecule has 0 aliphatic heterocycles. The van der Waals surface area contributed by atoms with E-state index < -0.39 is 0 Å². The van der Waals surface area contributed by atoms with Crippen molar-refractivity contribution in [3.05, 3.63) is 36.4 Å². The first-order valence-electron chi connectivity index (χ1n) is 6.49. The molecule has 17 heavy (non-hydrogen) atoms. The van der Waals surface area contributed by atoms with Crippen LogP contribution in [0.3, 0.4) is 0 Å². The van der Waals surface area contributed by atoms with Crippen molar-refractivity contribution in [3.63, 3.8) is 0 Å². The summed E-state index contributed by atoms with van der Waals surface area (Å²) in [6.45, 7) is 10.7. The first-order valence-corrected chi connectivity index (χ1v) is 6.49. The van der Waals surface area contributed by atoms with Crippen molar-refractivity contribution in [2.45, 2.75) is 39.5 Å². The first-order chi connectivity index (χ1) is 8.30. The summed E-state index contributed by atoms with van der Waals surface area (Å²) >= 11 is 0. The Balaban J connectivity index is 2.44. The third-order valence-corrected chi connectivity index (χ3v) is 3.01. The lowest BCUT2D eigenvalue weighted by molar-refractivity contribution is 0.233. The average Bonchev–Trinajstić information content (AvgIpc) is 2.39. The summed E-state index contributed by atoms with van der Waals surface area (Å²) < 4.78 is 5.77. The average molecular weight is 230 g/mol. The van der Waals surface area contributed by atoms with Gasteiger partial charge in [0.1, 0.15) is 5.75 Å². The van der Waals surface area contributed by atoms with Gasteiger partial charge >= 0.3 is 0 Å². The summed E-state index contributed by atoms with van der Waals surface area (Å²) in [7, 11) is 0. The second-order valence-electron chi connectivity index (χ2n) is 4.38. The van der Waals surface area contributed by atoms with Crippen molar-refractivity contribution in [2.24, 2.45) is 5.92 Å². The molecule has 0 amide bonds. The van der Waals surface area contributed by atoms with E-state index in [9.17, 15) is 0 Å². The molecule has 1 atom stereocenters. The van der Waals surface area contributed by atoms with Crippen LogP contribution in [0.5, 0.6) is 5.75 Å². The zero-order valence-corrected chi connectivity index (χ0v) is 10.9. The van der Waals surface area contributed by atoms with Crippen molar-refractivity contribution >= 4 is 6.08 Å². The number of hydrogen-bond acceptors (Lipinski definition) is 1. The van der Waals surface area contributed by atoms with Crippen molar-refractivity contribution in [2.75, 3.05) is 6.61 Å². The fourth-order valence-corrected chi connectivity index (χ4v) is 1.75. The Morgan fingerprint density at radius 3 is 2.94 bits per heavy atom. The summed E-state index contributed by atoms with van der Waals surface area (Å²) in [6, 6.07) is 8.77. The zero-order valence-electron chi connectivity index (χ0n) is 10.9. The molecule has 0 aromatic heterocycles. The van der Waals surface area contributed by atoms with Crippen LogP contribution < -0.4 is 4.74 Å². The minimum atomic E-state index is 0.647. The van der Waals surface area contributed by atoms with Crippen LogP contribution >= 0.6 is 0 Å². The summed E-state index contributed by atoms with van der Waals surface area (Å²) in [5.74, 6) is 1.44. The van der Waals surface area contributed by atoms with Gasteiger partial charge in [-0.3, -0.25) is 0 Å². The van der Waals surface area contributed by atoms with Crippen molar-refractivity contribution < 1.29 is 4.74 Å². The normalized spacial score (nSPS) is 12.1. The lowest BCUT2D eigenvalue weighted by atomic mass is 10.0. The van der Waals surface area contributed by atoms with Gasteiger partial charge in [0.25, 0.3) is 0 Å². The molecule has 1 rings (SSSR count). The van der Waals surface area contributed by atoms with Crippen LogP contribution in [0.2, 0.25) is 0 Å². The molecular weight excluding hydrogens is 208 g/mol. The second kappa shape index (κ2) is 7.94. The Kier molecular flexibility index (Phi) is 6.46. The summed E-state index contributed by atoms with van der Waals surface area (Å²) in [5, 5.41) is 0. The fraction of sp³-hybridized carbons (Fsp3) is 0.500. The monoisotopic (exact) mass is 230 g/mol. The first kappa shape index (κ1) is 13.8. The van der Waals surface area contributed by atoms with Crippen LogP contribution in [0.15, 0.2) is 18.2 Å². The van der Waals surface area contributed by atoms with Gasteiger partial charge in [0.2, 0.25) is 0 Å². The van der Waals surface area contributed by atoms with E-state index in [-0.39, 0.29) is 0 Å². The summed E-state index contributed by atoms with van der Waals surface area (Å²) in [4.78, 5) is 0. The van der Waals surface area contributed by atoms with Crippen LogP contribution in [-0.2, 0) is 0 Å². The van der Waals surface area contributed by atoms with Crippen LogP contribution in [0.1, 0.15) is 45.1 Å². The number of unbranched alkanes of at least 4 members (excludes halogenated alkanes) is 1. The molecule has 0 saturated carbocycles. The molecule has 0 heterocycles. The van der Waals surface area contributed by atoms with Gasteiger partial charge in [-0.1, -0.05) is 51.8 Å². The molecule has 0 fully saturated rings. The van der Waals surface area contributed by atoms with E-state index in [1.54, 1.807) is 6.08 Å². The van der Waals surface area contributed by atoms with Crippen molar-refractivity contribution in [3.8, 4) is 5.75 Å². The highest BCUT2D eigenvalue weighted by atomic mass is 16.5. The van der Waals surface area contributed by atoms with Gasteiger partial charge in [0.05, 0.1) is 6.61 Å². The predicted octanol–water partition coefficient (Wildman–Crippen LogP) is 4.53. The number of rotatable bonds is 8. The number of benzene rings is 1. The van der Waals surface area contributed by atoms with Crippen LogP contribution in [0.4, 0.5) is 0 Å². The minimum Gasteiger partial charge on any atom is -0.493 e. The van der Waals surface area contributed by atoms with Crippen molar-refractivity contribution in [1.82, 2.24) is 0 Å². The SMILES string of the molecule is [CH]=Cc1cc[c]c(OCC(CC)CCCC)c1. The van der Waals surface area contributed by atoms with Gasteiger partial charge in [0, 0.05) is 6.07 Å². The van der Waals surface area contributed by atoms with Gasteiger partial charge in [-0.2, -0.15) is 0 Å². The topological polar surface area (TPSA) is 9.23 Å². The summed E-state index contributed by atoms with van der Waals surface area (Å²) in [5.41, 5.74) is 0.973. The van der Waals surface area contributed by atoms with Gasteiger partial charge in [-0.15, -0.1) is 0 Å². The Hall–Kier alpha value is -1.24. The van der Waals surface area contributed by atoms with E-state index in [0.29, 0.717) is 5.92 Å². The van der Waals surface area contributed by atoms with Crippen LogP contribution in [0.25, 0.3) is 6.08 Å². The molecular formula is C16H22O.